The highest BCUT2D eigenvalue weighted by Crippen LogP contribution is 2.41. The summed E-state index contributed by atoms with van der Waals surface area (Å²) in [4.78, 5) is 15.1. The van der Waals surface area contributed by atoms with Crippen LogP contribution in [0.1, 0.15) is 42.5 Å². The molecule has 0 unspecified atom stereocenters. The summed E-state index contributed by atoms with van der Waals surface area (Å²) in [5, 5.41) is 0. The average Bonchev–Trinajstić information content (AvgIpc) is 2.65. The highest BCUT2D eigenvalue weighted by molar-refractivity contribution is 5.98. The zero-order valence-electron chi connectivity index (χ0n) is 14.8. The third-order valence-electron chi connectivity index (χ3n) is 5.51. The fourth-order valence-electron chi connectivity index (χ4n) is 4.23. The minimum absolute atomic E-state index is 0.0248. The molecule has 1 aliphatic carbocycles. The first-order valence-electron chi connectivity index (χ1n) is 8.77. The van der Waals surface area contributed by atoms with Crippen LogP contribution in [0.25, 0.3) is 0 Å². The van der Waals surface area contributed by atoms with Crippen LogP contribution in [0.5, 0.6) is 17.2 Å². The average molecular weight is 333 g/mol. The third kappa shape index (κ3) is 3.04. The maximum absolute atomic E-state index is 13.1. The van der Waals surface area contributed by atoms with Gasteiger partial charge in [-0.1, -0.05) is 19.3 Å². The Hall–Kier alpha value is -1.91. The largest absolute Gasteiger partial charge is 0.493 e. The summed E-state index contributed by atoms with van der Waals surface area (Å²) in [6.45, 7) is 1.69. The lowest BCUT2D eigenvalue weighted by molar-refractivity contribution is 0.0517. The lowest BCUT2D eigenvalue weighted by Crippen LogP contribution is -2.44. The smallest absolute Gasteiger partial charge is 0.257 e. The number of ether oxygens (including phenoxy) is 3. The van der Waals surface area contributed by atoms with Crippen molar-refractivity contribution in [3.8, 4) is 17.2 Å². The summed E-state index contributed by atoms with van der Waals surface area (Å²) in [6, 6.07) is 3.54. The number of rotatable bonds is 4. The Labute approximate surface area is 143 Å². The summed E-state index contributed by atoms with van der Waals surface area (Å²) in [5.41, 5.74) is 0.546. The molecule has 0 N–H and O–H groups in total. The first kappa shape index (κ1) is 16.9. The van der Waals surface area contributed by atoms with Gasteiger partial charge in [-0.3, -0.25) is 4.79 Å². The second kappa shape index (κ2) is 7.32. The Kier molecular flexibility index (Phi) is 5.17. The molecule has 1 aromatic rings. The molecule has 2 atom stereocenters. The van der Waals surface area contributed by atoms with Crippen LogP contribution < -0.4 is 14.2 Å². The molecule has 2 fully saturated rings. The highest BCUT2D eigenvalue weighted by Gasteiger charge is 2.34. The number of methoxy groups -OCH3 is 3. The number of benzene rings is 1. The van der Waals surface area contributed by atoms with E-state index in [1.165, 1.54) is 25.7 Å². The quantitative estimate of drug-likeness (QED) is 0.848. The van der Waals surface area contributed by atoms with Gasteiger partial charge in [0.15, 0.2) is 11.5 Å². The molecule has 132 valence electrons. The van der Waals surface area contributed by atoms with Gasteiger partial charge >= 0.3 is 0 Å². The Morgan fingerprint density at radius 3 is 2.33 bits per heavy atom. The predicted molar refractivity (Wildman–Crippen MR) is 92.1 cm³/mol. The van der Waals surface area contributed by atoms with Crippen LogP contribution in [0.3, 0.4) is 0 Å². The predicted octanol–water partition coefficient (Wildman–Crippen LogP) is 3.36. The van der Waals surface area contributed by atoms with E-state index >= 15 is 0 Å². The van der Waals surface area contributed by atoms with Crippen LogP contribution in [-0.4, -0.2) is 45.2 Å². The lowest BCUT2D eigenvalue weighted by atomic mass is 9.75. The van der Waals surface area contributed by atoms with Crippen molar-refractivity contribution >= 4 is 5.91 Å². The summed E-state index contributed by atoms with van der Waals surface area (Å²) in [6.07, 6.45) is 6.33. The van der Waals surface area contributed by atoms with Gasteiger partial charge in [-0.2, -0.15) is 0 Å². The molecule has 5 heteroatoms. The van der Waals surface area contributed by atoms with Crippen molar-refractivity contribution in [1.29, 1.82) is 0 Å². The van der Waals surface area contributed by atoms with Gasteiger partial charge in [-0.25, -0.2) is 0 Å². The van der Waals surface area contributed by atoms with Gasteiger partial charge in [0.1, 0.15) is 0 Å². The van der Waals surface area contributed by atoms with Gasteiger partial charge in [-0.05, 0) is 36.8 Å². The van der Waals surface area contributed by atoms with Gasteiger partial charge in [0, 0.05) is 13.1 Å². The zero-order valence-corrected chi connectivity index (χ0v) is 14.8. The second-order valence-electron chi connectivity index (χ2n) is 6.73. The fraction of sp³-hybridized carbons (Fsp3) is 0.632. The van der Waals surface area contributed by atoms with E-state index in [1.54, 1.807) is 33.5 Å². The summed E-state index contributed by atoms with van der Waals surface area (Å²) < 4.78 is 16.2. The Balaban J connectivity index is 1.84. The Morgan fingerprint density at radius 1 is 0.958 bits per heavy atom. The molecule has 2 aliphatic rings. The number of hydrogen-bond donors (Lipinski definition) is 0. The molecule has 1 amide bonds. The fourth-order valence-corrected chi connectivity index (χ4v) is 4.23. The summed E-state index contributed by atoms with van der Waals surface area (Å²) in [7, 11) is 4.69. The number of piperidine rings is 1. The van der Waals surface area contributed by atoms with Crippen LogP contribution in [0.15, 0.2) is 12.1 Å². The van der Waals surface area contributed by atoms with Crippen LogP contribution in [0.4, 0.5) is 0 Å². The number of amides is 1. The zero-order chi connectivity index (χ0) is 17.1. The third-order valence-corrected chi connectivity index (χ3v) is 5.51. The molecule has 1 saturated carbocycles. The van der Waals surface area contributed by atoms with Gasteiger partial charge in [0.05, 0.1) is 26.9 Å². The van der Waals surface area contributed by atoms with Crippen molar-refractivity contribution in [3.05, 3.63) is 17.7 Å². The van der Waals surface area contributed by atoms with E-state index < -0.39 is 0 Å². The molecule has 0 radical (unpaired) electrons. The second-order valence-corrected chi connectivity index (χ2v) is 6.73. The molecule has 3 rings (SSSR count). The van der Waals surface area contributed by atoms with E-state index in [-0.39, 0.29) is 5.91 Å². The number of hydrogen-bond acceptors (Lipinski definition) is 4. The van der Waals surface area contributed by atoms with Crippen molar-refractivity contribution in [1.82, 2.24) is 4.90 Å². The Morgan fingerprint density at radius 2 is 1.67 bits per heavy atom. The van der Waals surface area contributed by atoms with Gasteiger partial charge < -0.3 is 19.1 Å². The minimum atomic E-state index is 0.0248. The number of likely N-dealkylation sites (tertiary alicyclic amines) is 1. The number of nitrogens with zero attached hydrogens (tertiary/aromatic N) is 1. The SMILES string of the molecule is COc1ccc(C(=O)N2CC[C@H]3CCCC[C@@H]3C2)c(OC)c1OC. The molecule has 1 heterocycles. The van der Waals surface area contributed by atoms with Crippen LogP contribution in [0, 0.1) is 11.8 Å². The molecule has 1 saturated heterocycles. The minimum Gasteiger partial charge on any atom is -0.493 e. The van der Waals surface area contributed by atoms with Crippen molar-refractivity contribution in [2.45, 2.75) is 32.1 Å². The molecule has 0 spiro atoms. The van der Waals surface area contributed by atoms with E-state index in [1.807, 2.05) is 4.90 Å². The molecule has 5 nitrogen and oxygen atoms in total. The van der Waals surface area contributed by atoms with E-state index in [4.69, 9.17) is 14.2 Å². The van der Waals surface area contributed by atoms with E-state index in [0.717, 1.165) is 25.4 Å². The van der Waals surface area contributed by atoms with Gasteiger partial charge in [-0.15, -0.1) is 0 Å². The maximum Gasteiger partial charge on any atom is 0.257 e. The van der Waals surface area contributed by atoms with E-state index in [0.29, 0.717) is 28.7 Å². The maximum atomic E-state index is 13.1. The molecular formula is C19H27NO4. The Bertz CT molecular complexity index is 601. The number of fused-ring (bicyclic) bond motifs is 1. The first-order chi connectivity index (χ1) is 11.7. The highest BCUT2D eigenvalue weighted by atomic mass is 16.5. The van der Waals surface area contributed by atoms with Crippen molar-refractivity contribution in [2.24, 2.45) is 11.8 Å². The van der Waals surface area contributed by atoms with Crippen molar-refractivity contribution in [2.75, 3.05) is 34.4 Å². The lowest BCUT2D eigenvalue weighted by Gasteiger charge is -2.41. The van der Waals surface area contributed by atoms with Gasteiger partial charge in [0.25, 0.3) is 5.91 Å². The summed E-state index contributed by atoms with van der Waals surface area (Å²) >= 11 is 0. The molecule has 0 aromatic heterocycles. The molecule has 0 bridgehead atoms. The number of carbonyl (C=O) groups is 1. The van der Waals surface area contributed by atoms with Crippen molar-refractivity contribution < 1.29 is 19.0 Å². The van der Waals surface area contributed by atoms with Crippen LogP contribution in [-0.2, 0) is 0 Å². The normalized spacial score (nSPS) is 23.4. The first-order valence-corrected chi connectivity index (χ1v) is 8.77. The van der Waals surface area contributed by atoms with Crippen LogP contribution in [0.2, 0.25) is 0 Å². The monoisotopic (exact) mass is 333 g/mol. The van der Waals surface area contributed by atoms with Crippen LogP contribution >= 0.6 is 0 Å². The molecule has 24 heavy (non-hydrogen) atoms. The molecule has 1 aromatic carbocycles. The molecule has 1 aliphatic heterocycles. The molecular weight excluding hydrogens is 306 g/mol. The topological polar surface area (TPSA) is 48.0 Å². The standard InChI is InChI=1S/C19H27NO4/c1-22-16-9-8-15(17(23-2)18(16)24-3)19(21)20-11-10-13-6-4-5-7-14(13)12-20/h8-9,13-14H,4-7,10-12H2,1-3H3/t13-,14-/m1/s1. The number of carbonyl (C=O) groups excluding carboxylic acids is 1. The van der Waals surface area contributed by atoms with Crippen molar-refractivity contribution in [3.63, 3.8) is 0 Å². The van der Waals surface area contributed by atoms with E-state index in [9.17, 15) is 4.79 Å². The van der Waals surface area contributed by atoms with Gasteiger partial charge in [0.2, 0.25) is 5.75 Å². The summed E-state index contributed by atoms with van der Waals surface area (Å²) in [5.74, 6) is 2.97. The van der Waals surface area contributed by atoms with E-state index in [2.05, 4.69) is 0 Å².